The molecular formula is C25H33N5O5. The largest absolute Gasteiger partial charge is 0.491 e. The average molecular weight is 484 g/mol. The lowest BCUT2D eigenvalue weighted by atomic mass is 10.0. The third kappa shape index (κ3) is 5.62. The number of nitrogens with one attached hydrogen (secondary N) is 1. The van der Waals surface area contributed by atoms with Crippen molar-refractivity contribution < 1.29 is 24.2 Å². The Hall–Kier alpha value is -3.05. The van der Waals surface area contributed by atoms with Crippen molar-refractivity contribution in [3.63, 3.8) is 0 Å². The molecule has 2 atom stereocenters. The monoisotopic (exact) mass is 483 g/mol. The molecule has 0 radical (unpaired) electrons. The summed E-state index contributed by atoms with van der Waals surface area (Å²) >= 11 is 0. The van der Waals surface area contributed by atoms with Crippen LogP contribution in [0.15, 0.2) is 28.8 Å². The minimum atomic E-state index is -0.613. The zero-order valence-electron chi connectivity index (χ0n) is 20.6. The minimum absolute atomic E-state index is 0.0526. The van der Waals surface area contributed by atoms with Crippen molar-refractivity contribution in [1.29, 1.82) is 0 Å². The number of aliphatic hydroxyl groups excluding tert-OH is 2. The molecule has 3 heterocycles. The minimum Gasteiger partial charge on any atom is -0.491 e. The van der Waals surface area contributed by atoms with Crippen LogP contribution in [-0.2, 0) is 4.74 Å². The van der Waals surface area contributed by atoms with E-state index in [0.29, 0.717) is 43.6 Å². The summed E-state index contributed by atoms with van der Waals surface area (Å²) in [6, 6.07) is 7.52. The first-order valence-corrected chi connectivity index (χ1v) is 11.8. The quantitative estimate of drug-likeness (QED) is 0.415. The standard InChI is InChI=1S/C25H33N5O5/c1-15-23(22-16(2)29-35-17(22)3)27-24(28-25(15)30-8-9-33-21(12-30)13-31)18-6-5-7-20(10-18)34-14-19(32)11-26-4/h5-7,10,19,21,26,31-32H,8-9,11-14H2,1-4H3/t19?,21-/m0/s1. The number of likely N-dealkylation sites (N-methyl/N-ethyl adjacent to an activating group) is 1. The van der Waals surface area contributed by atoms with Crippen LogP contribution < -0.4 is 15.0 Å². The molecule has 2 aromatic heterocycles. The highest BCUT2D eigenvalue weighted by atomic mass is 16.5. The number of aryl methyl sites for hydroxylation is 2. The van der Waals surface area contributed by atoms with Gasteiger partial charge in [0.1, 0.15) is 30.0 Å². The predicted molar refractivity (Wildman–Crippen MR) is 132 cm³/mol. The SMILES string of the molecule is CNCC(O)COc1cccc(-c2nc(-c3c(C)noc3C)c(C)c(N3CCO[C@H](CO)C3)n2)c1. The van der Waals surface area contributed by atoms with Gasteiger partial charge in [0.25, 0.3) is 0 Å². The molecule has 1 aliphatic rings. The van der Waals surface area contributed by atoms with Gasteiger partial charge in [-0.3, -0.25) is 0 Å². The van der Waals surface area contributed by atoms with Crippen LogP contribution in [0.5, 0.6) is 5.75 Å². The highest BCUT2D eigenvalue weighted by Crippen LogP contribution is 2.35. The first kappa shape index (κ1) is 25.1. The topological polar surface area (TPSA) is 126 Å². The van der Waals surface area contributed by atoms with Gasteiger partial charge in [0.15, 0.2) is 5.82 Å². The third-order valence-electron chi connectivity index (χ3n) is 6.01. The van der Waals surface area contributed by atoms with Crippen LogP contribution in [0.3, 0.4) is 0 Å². The van der Waals surface area contributed by atoms with Crippen LogP contribution in [0.4, 0.5) is 5.82 Å². The number of anilines is 1. The van der Waals surface area contributed by atoms with Crippen molar-refractivity contribution in [2.45, 2.75) is 33.0 Å². The Kier molecular flexibility index (Phi) is 7.97. The van der Waals surface area contributed by atoms with Crippen LogP contribution >= 0.6 is 0 Å². The molecule has 1 aromatic carbocycles. The van der Waals surface area contributed by atoms with Crippen LogP contribution in [-0.4, -0.2) is 84.0 Å². The van der Waals surface area contributed by atoms with E-state index < -0.39 is 6.10 Å². The molecule has 35 heavy (non-hydrogen) atoms. The van der Waals surface area contributed by atoms with Crippen LogP contribution in [0.1, 0.15) is 17.0 Å². The highest BCUT2D eigenvalue weighted by molar-refractivity contribution is 5.75. The third-order valence-corrected chi connectivity index (χ3v) is 6.01. The lowest BCUT2D eigenvalue weighted by Gasteiger charge is -2.34. The second kappa shape index (κ2) is 11.1. The van der Waals surface area contributed by atoms with Gasteiger partial charge in [-0.2, -0.15) is 0 Å². The number of rotatable bonds is 9. The molecule has 3 N–H and O–H groups in total. The Bertz CT molecular complexity index is 1130. The van der Waals surface area contributed by atoms with Crippen molar-refractivity contribution in [2.75, 3.05) is 51.4 Å². The fourth-order valence-corrected chi connectivity index (χ4v) is 4.24. The summed E-state index contributed by atoms with van der Waals surface area (Å²) in [6.45, 7) is 8.01. The Morgan fingerprint density at radius 3 is 2.80 bits per heavy atom. The zero-order chi connectivity index (χ0) is 24.9. The van der Waals surface area contributed by atoms with Crippen LogP contribution in [0.25, 0.3) is 22.6 Å². The molecule has 0 spiro atoms. The molecule has 10 heteroatoms. The molecule has 0 amide bonds. The predicted octanol–water partition coefficient (Wildman–Crippen LogP) is 1.88. The summed E-state index contributed by atoms with van der Waals surface area (Å²) in [5.74, 6) is 2.62. The van der Waals surface area contributed by atoms with E-state index in [1.807, 2.05) is 45.0 Å². The molecular weight excluding hydrogens is 450 g/mol. The molecule has 10 nitrogen and oxygen atoms in total. The smallest absolute Gasteiger partial charge is 0.162 e. The molecule has 188 valence electrons. The second-order valence-electron chi connectivity index (χ2n) is 8.72. The Morgan fingerprint density at radius 2 is 2.09 bits per heavy atom. The number of morpholine rings is 1. The van der Waals surface area contributed by atoms with Crippen molar-refractivity contribution in [3.8, 4) is 28.4 Å². The van der Waals surface area contributed by atoms with Crippen molar-refractivity contribution in [2.24, 2.45) is 0 Å². The molecule has 0 bridgehead atoms. The normalized spacial score (nSPS) is 17.0. The van der Waals surface area contributed by atoms with E-state index in [2.05, 4.69) is 15.4 Å². The van der Waals surface area contributed by atoms with Gasteiger partial charge >= 0.3 is 0 Å². The first-order valence-electron chi connectivity index (χ1n) is 11.8. The van der Waals surface area contributed by atoms with Crippen LogP contribution in [0.2, 0.25) is 0 Å². The maximum atomic E-state index is 9.98. The maximum absolute atomic E-state index is 9.98. The summed E-state index contributed by atoms with van der Waals surface area (Å²) in [6.07, 6.45) is -0.886. The van der Waals surface area contributed by atoms with Crippen molar-refractivity contribution >= 4 is 5.82 Å². The first-order chi connectivity index (χ1) is 16.9. The fraction of sp³-hybridized carbons (Fsp3) is 0.480. The Labute approximate surface area is 204 Å². The van der Waals surface area contributed by atoms with Gasteiger partial charge in [0.2, 0.25) is 0 Å². The number of aliphatic hydroxyl groups is 2. The fourth-order valence-electron chi connectivity index (χ4n) is 4.24. The van der Waals surface area contributed by atoms with E-state index in [1.54, 1.807) is 7.05 Å². The van der Waals surface area contributed by atoms with E-state index in [0.717, 1.165) is 33.9 Å². The summed E-state index contributed by atoms with van der Waals surface area (Å²) < 4.78 is 16.9. The molecule has 1 fully saturated rings. The number of hydrogen-bond acceptors (Lipinski definition) is 10. The van der Waals surface area contributed by atoms with E-state index >= 15 is 0 Å². The number of aromatic nitrogens is 3. The van der Waals surface area contributed by atoms with Gasteiger partial charge in [-0.15, -0.1) is 0 Å². The van der Waals surface area contributed by atoms with Crippen molar-refractivity contribution in [1.82, 2.24) is 20.4 Å². The molecule has 4 rings (SSSR count). The number of benzene rings is 1. The molecule has 1 aliphatic heterocycles. The van der Waals surface area contributed by atoms with E-state index in [9.17, 15) is 10.2 Å². The van der Waals surface area contributed by atoms with Gasteiger partial charge in [-0.25, -0.2) is 9.97 Å². The van der Waals surface area contributed by atoms with Gasteiger partial charge < -0.3 is 34.4 Å². The van der Waals surface area contributed by atoms with Gasteiger partial charge in [-0.1, -0.05) is 17.3 Å². The van der Waals surface area contributed by atoms with Gasteiger partial charge in [0.05, 0.1) is 36.3 Å². The lowest BCUT2D eigenvalue weighted by molar-refractivity contribution is 0.00333. The van der Waals surface area contributed by atoms with Crippen molar-refractivity contribution in [3.05, 3.63) is 41.3 Å². The zero-order valence-corrected chi connectivity index (χ0v) is 20.6. The Balaban J connectivity index is 1.76. The molecule has 1 saturated heterocycles. The Morgan fingerprint density at radius 1 is 1.26 bits per heavy atom. The summed E-state index contributed by atoms with van der Waals surface area (Å²) in [5, 5.41) is 26.7. The number of ether oxygens (including phenoxy) is 2. The van der Waals surface area contributed by atoms with E-state index in [4.69, 9.17) is 24.0 Å². The van der Waals surface area contributed by atoms with E-state index in [-0.39, 0.29) is 19.3 Å². The molecule has 0 aliphatic carbocycles. The molecule has 0 saturated carbocycles. The highest BCUT2D eigenvalue weighted by Gasteiger charge is 2.26. The van der Waals surface area contributed by atoms with Gasteiger partial charge in [-0.05, 0) is 40.0 Å². The number of nitrogens with zero attached hydrogens (tertiary/aromatic N) is 4. The molecule has 1 unspecified atom stereocenters. The summed E-state index contributed by atoms with van der Waals surface area (Å²) in [4.78, 5) is 12.0. The van der Waals surface area contributed by atoms with E-state index in [1.165, 1.54) is 0 Å². The second-order valence-corrected chi connectivity index (χ2v) is 8.72. The lowest BCUT2D eigenvalue weighted by Crippen LogP contribution is -2.44. The van der Waals surface area contributed by atoms with Gasteiger partial charge in [0, 0.05) is 30.8 Å². The summed E-state index contributed by atoms with van der Waals surface area (Å²) in [5.41, 5.74) is 4.05. The number of hydrogen-bond donors (Lipinski definition) is 3. The van der Waals surface area contributed by atoms with Crippen LogP contribution in [0, 0.1) is 20.8 Å². The average Bonchev–Trinajstić information content (AvgIpc) is 3.21. The maximum Gasteiger partial charge on any atom is 0.162 e. The summed E-state index contributed by atoms with van der Waals surface area (Å²) in [7, 11) is 1.78. The molecule has 3 aromatic rings.